The number of nitrogens with two attached hydrogens (primary N) is 1. The van der Waals surface area contributed by atoms with E-state index in [-0.39, 0.29) is 11.6 Å². The Morgan fingerprint density at radius 3 is 2.64 bits per heavy atom. The first-order chi connectivity index (χ1) is 10.7. The van der Waals surface area contributed by atoms with Crippen LogP contribution in [0.15, 0.2) is 42.5 Å². The van der Waals surface area contributed by atoms with Gasteiger partial charge in [0.25, 0.3) is 0 Å². The van der Waals surface area contributed by atoms with Crippen LogP contribution in [0.25, 0.3) is 16.7 Å². The number of nitrogens with zero attached hydrogens (tertiary/aromatic N) is 3. The van der Waals surface area contributed by atoms with Crippen molar-refractivity contribution in [1.82, 2.24) is 9.55 Å². The van der Waals surface area contributed by atoms with Gasteiger partial charge in [-0.15, -0.1) is 0 Å². The van der Waals surface area contributed by atoms with E-state index in [2.05, 4.69) is 4.98 Å². The second-order valence-electron chi connectivity index (χ2n) is 5.06. The fourth-order valence-electron chi connectivity index (χ4n) is 2.54. The Bertz CT molecular complexity index is 862. The maximum absolute atomic E-state index is 14.0. The van der Waals surface area contributed by atoms with Crippen LogP contribution in [0.1, 0.15) is 30.8 Å². The summed E-state index contributed by atoms with van der Waals surface area (Å²) in [6.45, 7) is 1.96. The van der Waals surface area contributed by atoms with Gasteiger partial charge in [-0.05, 0) is 30.7 Å². The summed E-state index contributed by atoms with van der Waals surface area (Å²) < 4.78 is 15.8. The Balaban J connectivity index is 2.44. The van der Waals surface area contributed by atoms with Gasteiger partial charge in [0.1, 0.15) is 23.3 Å². The lowest BCUT2D eigenvalue weighted by atomic mass is 10.1. The fourth-order valence-corrected chi connectivity index (χ4v) is 2.54. The van der Waals surface area contributed by atoms with Crippen molar-refractivity contribution in [2.24, 2.45) is 5.73 Å². The van der Waals surface area contributed by atoms with Crippen LogP contribution >= 0.6 is 0 Å². The van der Waals surface area contributed by atoms with Crippen LogP contribution < -0.4 is 5.73 Å². The van der Waals surface area contributed by atoms with Gasteiger partial charge < -0.3 is 5.73 Å². The molecule has 4 nitrogen and oxygen atoms in total. The summed E-state index contributed by atoms with van der Waals surface area (Å²) >= 11 is 0. The topological polar surface area (TPSA) is 67.6 Å². The lowest BCUT2D eigenvalue weighted by molar-refractivity contribution is 0.624. The van der Waals surface area contributed by atoms with Crippen molar-refractivity contribution in [2.75, 3.05) is 0 Å². The van der Waals surface area contributed by atoms with Crippen LogP contribution in [0.2, 0.25) is 0 Å². The predicted molar refractivity (Wildman–Crippen MR) is 83.0 cm³/mol. The molecular formula is C17H15FN4. The van der Waals surface area contributed by atoms with E-state index in [0.29, 0.717) is 23.3 Å². The van der Waals surface area contributed by atoms with Crippen molar-refractivity contribution in [3.05, 3.63) is 59.7 Å². The van der Waals surface area contributed by atoms with Crippen molar-refractivity contribution in [3.8, 4) is 11.8 Å². The smallest absolute Gasteiger partial charge is 0.143 e. The van der Waals surface area contributed by atoms with E-state index < -0.39 is 5.82 Å². The quantitative estimate of drug-likeness (QED) is 0.804. The van der Waals surface area contributed by atoms with E-state index in [9.17, 15) is 9.65 Å². The number of aromatic nitrogens is 2. The fraction of sp³-hybridized carbons (Fsp3) is 0.176. The molecule has 1 unspecified atom stereocenters. The number of imidazole rings is 1. The predicted octanol–water partition coefficient (Wildman–Crippen LogP) is 3.45. The second-order valence-corrected chi connectivity index (χ2v) is 5.06. The number of halogens is 1. The number of para-hydroxylation sites is 1. The molecule has 0 saturated heterocycles. The molecule has 0 aliphatic carbocycles. The molecule has 0 radical (unpaired) electrons. The molecule has 1 aromatic heterocycles. The monoisotopic (exact) mass is 294 g/mol. The molecule has 0 bridgehead atoms. The van der Waals surface area contributed by atoms with Gasteiger partial charge in [-0.3, -0.25) is 4.57 Å². The minimum Gasteiger partial charge on any atom is -0.321 e. The molecule has 3 rings (SSSR count). The first kappa shape index (κ1) is 14.2. The van der Waals surface area contributed by atoms with Crippen molar-refractivity contribution in [3.63, 3.8) is 0 Å². The largest absolute Gasteiger partial charge is 0.321 e. The third kappa shape index (κ3) is 2.14. The zero-order valence-electron chi connectivity index (χ0n) is 12.1. The van der Waals surface area contributed by atoms with Crippen LogP contribution in [0.5, 0.6) is 0 Å². The van der Waals surface area contributed by atoms with Crippen LogP contribution in [0.3, 0.4) is 0 Å². The number of benzene rings is 2. The van der Waals surface area contributed by atoms with Gasteiger partial charge in [-0.2, -0.15) is 5.26 Å². The molecule has 1 heterocycles. The standard InChI is InChI=1S/C17H15FN4/c1-2-14(20)17-21-15-9-8-13(18)12(10-19)16(15)22(17)11-6-4-3-5-7-11/h3-9,14H,2,20H2,1H3. The molecule has 3 aromatic rings. The highest BCUT2D eigenvalue weighted by Crippen LogP contribution is 2.29. The molecule has 0 amide bonds. The Morgan fingerprint density at radius 2 is 2.00 bits per heavy atom. The Labute approximate surface area is 127 Å². The number of fused-ring (bicyclic) bond motifs is 1. The molecule has 0 aliphatic heterocycles. The van der Waals surface area contributed by atoms with Crippen LogP contribution in [0, 0.1) is 17.1 Å². The van der Waals surface area contributed by atoms with E-state index in [4.69, 9.17) is 5.73 Å². The third-order valence-electron chi connectivity index (χ3n) is 3.69. The highest BCUT2D eigenvalue weighted by atomic mass is 19.1. The van der Waals surface area contributed by atoms with Crippen LogP contribution in [-0.2, 0) is 0 Å². The summed E-state index contributed by atoms with van der Waals surface area (Å²) in [5, 5.41) is 9.33. The van der Waals surface area contributed by atoms with Crippen LogP contribution in [-0.4, -0.2) is 9.55 Å². The van der Waals surface area contributed by atoms with E-state index in [1.165, 1.54) is 6.07 Å². The molecule has 22 heavy (non-hydrogen) atoms. The highest BCUT2D eigenvalue weighted by Gasteiger charge is 2.21. The minimum absolute atomic E-state index is 0.0107. The van der Waals surface area contributed by atoms with Gasteiger partial charge in [0.05, 0.1) is 17.1 Å². The number of nitriles is 1. The van der Waals surface area contributed by atoms with E-state index in [1.54, 1.807) is 10.6 Å². The summed E-state index contributed by atoms with van der Waals surface area (Å²) in [7, 11) is 0. The normalized spacial score (nSPS) is 12.3. The van der Waals surface area contributed by atoms with Gasteiger partial charge in [0.15, 0.2) is 0 Å². The summed E-state index contributed by atoms with van der Waals surface area (Å²) in [4.78, 5) is 4.53. The molecule has 0 aliphatic rings. The number of hydrogen-bond donors (Lipinski definition) is 1. The molecule has 5 heteroatoms. The molecule has 0 saturated carbocycles. The van der Waals surface area contributed by atoms with E-state index in [1.807, 2.05) is 43.3 Å². The SMILES string of the molecule is CCC(N)c1nc2ccc(F)c(C#N)c2n1-c1ccccc1. The summed E-state index contributed by atoms with van der Waals surface area (Å²) in [6.07, 6.45) is 0.695. The Morgan fingerprint density at radius 1 is 1.27 bits per heavy atom. The lowest BCUT2D eigenvalue weighted by Gasteiger charge is -2.13. The van der Waals surface area contributed by atoms with Gasteiger partial charge in [0, 0.05) is 5.69 Å². The number of rotatable bonds is 3. The van der Waals surface area contributed by atoms with Gasteiger partial charge in [-0.1, -0.05) is 25.1 Å². The van der Waals surface area contributed by atoms with Gasteiger partial charge in [0.2, 0.25) is 0 Å². The van der Waals surface area contributed by atoms with Gasteiger partial charge in [-0.25, -0.2) is 9.37 Å². The maximum Gasteiger partial charge on any atom is 0.143 e. The van der Waals surface area contributed by atoms with Gasteiger partial charge >= 0.3 is 0 Å². The van der Waals surface area contributed by atoms with Crippen LogP contribution in [0.4, 0.5) is 4.39 Å². The maximum atomic E-state index is 14.0. The zero-order valence-corrected chi connectivity index (χ0v) is 12.1. The molecule has 2 N–H and O–H groups in total. The molecule has 2 aromatic carbocycles. The van der Waals surface area contributed by atoms with E-state index in [0.717, 1.165) is 5.69 Å². The molecule has 110 valence electrons. The zero-order chi connectivity index (χ0) is 15.7. The average molecular weight is 294 g/mol. The third-order valence-corrected chi connectivity index (χ3v) is 3.69. The molecule has 1 atom stereocenters. The first-order valence-electron chi connectivity index (χ1n) is 7.09. The minimum atomic E-state index is -0.552. The summed E-state index contributed by atoms with van der Waals surface area (Å²) in [6, 6.07) is 13.9. The summed E-state index contributed by atoms with van der Waals surface area (Å²) in [5.74, 6) is 0.0782. The average Bonchev–Trinajstić information content (AvgIpc) is 2.94. The Hall–Kier alpha value is -2.71. The molecular weight excluding hydrogens is 279 g/mol. The summed E-state index contributed by atoms with van der Waals surface area (Å²) in [5.41, 5.74) is 8.00. The van der Waals surface area contributed by atoms with Crippen molar-refractivity contribution in [1.29, 1.82) is 5.26 Å². The Kier molecular flexibility index (Phi) is 3.61. The highest BCUT2D eigenvalue weighted by molar-refractivity contribution is 5.84. The van der Waals surface area contributed by atoms with Crippen molar-refractivity contribution < 1.29 is 4.39 Å². The van der Waals surface area contributed by atoms with E-state index >= 15 is 0 Å². The van der Waals surface area contributed by atoms with Crippen molar-refractivity contribution >= 4 is 11.0 Å². The molecule has 0 spiro atoms. The first-order valence-corrected chi connectivity index (χ1v) is 7.09. The molecule has 0 fully saturated rings. The lowest BCUT2D eigenvalue weighted by Crippen LogP contribution is -2.15. The number of hydrogen-bond acceptors (Lipinski definition) is 3. The second kappa shape index (κ2) is 5.58. The van der Waals surface area contributed by atoms with Crippen molar-refractivity contribution in [2.45, 2.75) is 19.4 Å².